The van der Waals surface area contributed by atoms with Crippen LogP contribution in [0.15, 0.2) is 43.0 Å². The summed E-state index contributed by atoms with van der Waals surface area (Å²) >= 11 is 0. The van der Waals surface area contributed by atoms with Gasteiger partial charge in [0, 0.05) is 5.56 Å². The number of terminal acetylenes is 1. The summed E-state index contributed by atoms with van der Waals surface area (Å²) in [5.41, 5.74) is 0.822. The summed E-state index contributed by atoms with van der Waals surface area (Å²) in [6.45, 7) is 3.83. The fourth-order valence-electron chi connectivity index (χ4n) is 3.57. The van der Waals surface area contributed by atoms with Gasteiger partial charge in [0.2, 0.25) is 0 Å². The van der Waals surface area contributed by atoms with E-state index in [1.54, 1.807) is 6.07 Å². The molecule has 0 aromatic heterocycles. The van der Waals surface area contributed by atoms with Crippen LogP contribution in [-0.4, -0.2) is 0 Å². The average molecular weight is 340 g/mol. The van der Waals surface area contributed by atoms with Crippen LogP contribution in [0.5, 0.6) is 0 Å². The summed E-state index contributed by atoms with van der Waals surface area (Å²) in [5, 5.41) is 0. The lowest BCUT2D eigenvalue weighted by Crippen LogP contribution is -2.11. The van der Waals surface area contributed by atoms with Crippen molar-refractivity contribution >= 4 is 0 Å². The van der Waals surface area contributed by atoms with E-state index in [4.69, 9.17) is 6.42 Å². The second-order valence-electron chi connectivity index (χ2n) is 6.55. The molecule has 0 atom stereocenters. The van der Waals surface area contributed by atoms with Crippen LogP contribution in [0.1, 0.15) is 42.7 Å². The van der Waals surface area contributed by atoms with Crippen molar-refractivity contribution in [2.75, 3.05) is 0 Å². The van der Waals surface area contributed by atoms with E-state index in [9.17, 15) is 13.2 Å². The highest BCUT2D eigenvalue weighted by atomic mass is 19.1. The van der Waals surface area contributed by atoms with Gasteiger partial charge in [-0.1, -0.05) is 24.1 Å². The molecule has 0 aliphatic heterocycles. The van der Waals surface area contributed by atoms with Crippen LogP contribution in [0.2, 0.25) is 0 Å². The van der Waals surface area contributed by atoms with Gasteiger partial charge in [0.1, 0.15) is 17.5 Å². The van der Waals surface area contributed by atoms with E-state index in [0.29, 0.717) is 11.8 Å². The molecule has 1 saturated carbocycles. The third-order valence-corrected chi connectivity index (χ3v) is 5.07. The minimum absolute atomic E-state index is 0.147. The van der Waals surface area contributed by atoms with Crippen LogP contribution in [0.4, 0.5) is 13.2 Å². The number of halogens is 3. The van der Waals surface area contributed by atoms with Gasteiger partial charge in [-0.3, -0.25) is 0 Å². The van der Waals surface area contributed by atoms with E-state index >= 15 is 0 Å². The molecule has 0 amide bonds. The molecule has 0 spiro atoms. The third kappa shape index (κ3) is 3.49. The summed E-state index contributed by atoms with van der Waals surface area (Å²) in [7, 11) is 0. The molecule has 1 aliphatic carbocycles. The molecule has 128 valence electrons. The predicted octanol–water partition coefficient (Wildman–Crippen LogP) is 6.21. The lowest BCUT2D eigenvalue weighted by molar-refractivity contribution is 0.375. The van der Waals surface area contributed by atoms with Crippen molar-refractivity contribution in [1.82, 2.24) is 0 Å². The molecule has 2 aromatic rings. The number of rotatable bonds is 3. The fraction of sp³-hybridized carbons (Fsp3) is 0.273. The summed E-state index contributed by atoms with van der Waals surface area (Å²) in [4.78, 5) is 0. The Morgan fingerprint density at radius 1 is 0.960 bits per heavy atom. The van der Waals surface area contributed by atoms with Gasteiger partial charge >= 0.3 is 0 Å². The van der Waals surface area contributed by atoms with Crippen molar-refractivity contribution in [1.29, 1.82) is 0 Å². The molecule has 0 radical (unpaired) electrons. The highest BCUT2D eigenvalue weighted by Crippen LogP contribution is 2.37. The predicted molar refractivity (Wildman–Crippen MR) is 94.6 cm³/mol. The van der Waals surface area contributed by atoms with Gasteiger partial charge in [-0.15, -0.1) is 13.0 Å². The standard InChI is InChI=1S/C22H19F3/c1-3-14-5-7-15(8-6-14)16-9-10-19(22(25)11-16)17-12-20(23)18(4-2)21(24)13-17/h2-3,9-15H,1,5-8H2. The Morgan fingerprint density at radius 2 is 1.60 bits per heavy atom. The van der Waals surface area contributed by atoms with Crippen molar-refractivity contribution in [3.05, 3.63) is 71.6 Å². The van der Waals surface area contributed by atoms with E-state index in [0.717, 1.165) is 43.4 Å². The van der Waals surface area contributed by atoms with Crippen molar-refractivity contribution in [2.24, 2.45) is 5.92 Å². The maximum Gasteiger partial charge on any atom is 0.142 e. The van der Waals surface area contributed by atoms with Gasteiger partial charge in [0.25, 0.3) is 0 Å². The first-order valence-electron chi connectivity index (χ1n) is 8.41. The molecule has 1 aliphatic rings. The second kappa shape index (κ2) is 7.19. The van der Waals surface area contributed by atoms with E-state index in [1.165, 1.54) is 6.07 Å². The molecule has 3 heteroatoms. The Kier molecular flexibility index (Phi) is 4.99. The van der Waals surface area contributed by atoms with Crippen molar-refractivity contribution in [3.8, 4) is 23.5 Å². The molecule has 3 rings (SSSR count). The van der Waals surface area contributed by atoms with Gasteiger partial charge in [-0.25, -0.2) is 13.2 Å². The summed E-state index contributed by atoms with van der Waals surface area (Å²) < 4.78 is 42.3. The molecule has 25 heavy (non-hydrogen) atoms. The maximum atomic E-state index is 14.6. The van der Waals surface area contributed by atoms with Crippen molar-refractivity contribution in [3.63, 3.8) is 0 Å². The first-order valence-corrected chi connectivity index (χ1v) is 8.41. The molecule has 0 nitrogen and oxygen atoms in total. The molecular weight excluding hydrogens is 321 g/mol. The highest BCUT2D eigenvalue weighted by molar-refractivity contribution is 5.66. The number of benzene rings is 2. The maximum absolute atomic E-state index is 14.6. The molecule has 0 bridgehead atoms. The normalized spacial score (nSPS) is 20.1. The van der Waals surface area contributed by atoms with Gasteiger partial charge in [-0.2, -0.15) is 0 Å². The van der Waals surface area contributed by atoms with Crippen LogP contribution in [0, 0.1) is 35.7 Å². The van der Waals surface area contributed by atoms with Crippen LogP contribution in [0.25, 0.3) is 11.1 Å². The van der Waals surface area contributed by atoms with Crippen LogP contribution in [0.3, 0.4) is 0 Å². The van der Waals surface area contributed by atoms with Gasteiger partial charge < -0.3 is 0 Å². The van der Waals surface area contributed by atoms with Gasteiger partial charge in [0.05, 0.1) is 5.56 Å². The largest absolute Gasteiger partial charge is 0.206 e. The number of allylic oxidation sites excluding steroid dienone is 1. The first kappa shape index (κ1) is 17.4. The quantitative estimate of drug-likeness (QED) is 0.460. The van der Waals surface area contributed by atoms with Crippen molar-refractivity contribution in [2.45, 2.75) is 31.6 Å². The van der Waals surface area contributed by atoms with Gasteiger partial charge in [-0.05, 0) is 66.8 Å². The smallest absolute Gasteiger partial charge is 0.142 e. The van der Waals surface area contributed by atoms with Crippen LogP contribution < -0.4 is 0 Å². The highest BCUT2D eigenvalue weighted by Gasteiger charge is 2.22. The Balaban J connectivity index is 1.88. The molecular formula is C22H19F3. The van der Waals surface area contributed by atoms with Crippen LogP contribution >= 0.6 is 0 Å². The molecule has 0 saturated heterocycles. The fourth-order valence-corrected chi connectivity index (χ4v) is 3.57. The van der Waals surface area contributed by atoms with E-state index in [2.05, 4.69) is 6.58 Å². The average Bonchev–Trinajstić information content (AvgIpc) is 2.61. The molecule has 2 aromatic carbocycles. The number of hydrogen-bond acceptors (Lipinski definition) is 0. The van der Waals surface area contributed by atoms with Crippen LogP contribution in [-0.2, 0) is 0 Å². The second-order valence-corrected chi connectivity index (χ2v) is 6.55. The molecule has 0 N–H and O–H groups in total. The Bertz CT molecular complexity index is 814. The summed E-state index contributed by atoms with van der Waals surface area (Å²) in [5.74, 6) is 0.634. The topological polar surface area (TPSA) is 0 Å². The third-order valence-electron chi connectivity index (χ3n) is 5.07. The van der Waals surface area contributed by atoms with Crippen molar-refractivity contribution < 1.29 is 13.2 Å². The van der Waals surface area contributed by atoms with E-state index < -0.39 is 23.0 Å². The Hall–Kier alpha value is -2.47. The number of hydrogen-bond donors (Lipinski definition) is 0. The zero-order valence-corrected chi connectivity index (χ0v) is 13.9. The zero-order valence-electron chi connectivity index (χ0n) is 13.9. The van der Waals surface area contributed by atoms with E-state index in [1.807, 2.05) is 18.1 Å². The Labute approximate surface area is 146 Å². The SMILES string of the molecule is C#Cc1c(F)cc(-c2ccc(C3CCC(C=C)CC3)cc2F)cc1F. The lowest BCUT2D eigenvalue weighted by atomic mass is 9.78. The lowest BCUT2D eigenvalue weighted by Gasteiger charge is -2.27. The Morgan fingerprint density at radius 3 is 2.12 bits per heavy atom. The first-order chi connectivity index (χ1) is 12.0. The van der Waals surface area contributed by atoms with Gasteiger partial charge in [0.15, 0.2) is 0 Å². The minimum atomic E-state index is -0.858. The molecule has 0 heterocycles. The summed E-state index contributed by atoms with van der Waals surface area (Å²) in [6, 6.07) is 7.08. The van der Waals surface area contributed by atoms with E-state index in [-0.39, 0.29) is 11.1 Å². The molecule has 1 fully saturated rings. The monoisotopic (exact) mass is 340 g/mol. The minimum Gasteiger partial charge on any atom is -0.206 e. The summed E-state index contributed by atoms with van der Waals surface area (Å²) in [6.07, 6.45) is 11.2. The zero-order chi connectivity index (χ0) is 18.0. The molecule has 0 unspecified atom stereocenters.